The van der Waals surface area contributed by atoms with Gasteiger partial charge in [-0.25, -0.2) is 0 Å². The molecule has 4 aliphatic carbocycles. The van der Waals surface area contributed by atoms with Crippen LogP contribution in [-0.4, -0.2) is 12.2 Å². The zero-order chi connectivity index (χ0) is 15.9. The fourth-order valence-electron chi connectivity index (χ4n) is 8.61. The first-order valence-corrected chi connectivity index (χ1v) is 10.6. The summed E-state index contributed by atoms with van der Waals surface area (Å²) in [4.78, 5) is 0. The van der Waals surface area contributed by atoms with Crippen LogP contribution in [0.15, 0.2) is 0 Å². The van der Waals surface area contributed by atoms with E-state index in [9.17, 15) is 0 Å². The molecule has 8 atom stereocenters. The molecule has 0 aromatic rings. The summed E-state index contributed by atoms with van der Waals surface area (Å²) in [7, 11) is 0. The van der Waals surface area contributed by atoms with Crippen molar-refractivity contribution >= 4 is 0 Å². The molecule has 4 saturated carbocycles. The van der Waals surface area contributed by atoms with Gasteiger partial charge in [-0.2, -0.15) is 0 Å². The Bertz CT molecular complexity index is 494. The van der Waals surface area contributed by atoms with Gasteiger partial charge >= 0.3 is 0 Å². The molecule has 5 fully saturated rings. The van der Waals surface area contributed by atoms with Gasteiger partial charge in [-0.05, 0) is 98.7 Å². The minimum absolute atomic E-state index is 0.252. The highest BCUT2D eigenvalue weighted by Crippen LogP contribution is 2.69. The van der Waals surface area contributed by atoms with Crippen molar-refractivity contribution in [3.63, 3.8) is 0 Å². The summed E-state index contributed by atoms with van der Waals surface area (Å²) in [5.74, 6) is 5.00. The Balaban J connectivity index is 1.45. The van der Waals surface area contributed by atoms with Crippen LogP contribution < -0.4 is 0 Å². The molecular formula is C22H36O. The largest absolute Gasteiger partial charge is 0.370 e. The Morgan fingerprint density at radius 1 is 0.739 bits per heavy atom. The number of fused-ring (bicyclic) bond motifs is 5. The van der Waals surface area contributed by atoms with Crippen LogP contribution in [0.2, 0.25) is 0 Å². The molecule has 0 amide bonds. The molecule has 0 radical (unpaired) electrons. The second-order valence-corrected chi connectivity index (χ2v) is 10.7. The van der Waals surface area contributed by atoms with Crippen LogP contribution in [0.1, 0.15) is 85.0 Å². The summed E-state index contributed by atoms with van der Waals surface area (Å²) in [5.41, 5.74) is 1.53. The zero-order valence-corrected chi connectivity index (χ0v) is 15.6. The van der Waals surface area contributed by atoms with E-state index in [-0.39, 0.29) is 5.60 Å². The lowest BCUT2D eigenvalue weighted by atomic mass is 9.44. The van der Waals surface area contributed by atoms with E-state index in [0.717, 1.165) is 36.2 Å². The van der Waals surface area contributed by atoms with Crippen LogP contribution in [-0.2, 0) is 4.74 Å². The maximum atomic E-state index is 5.94. The lowest BCUT2D eigenvalue weighted by Crippen LogP contribution is -2.53. The summed E-state index contributed by atoms with van der Waals surface area (Å²) in [6, 6.07) is 0. The first-order chi connectivity index (χ1) is 11.0. The number of ether oxygens (including phenoxy) is 1. The van der Waals surface area contributed by atoms with Crippen LogP contribution in [0.3, 0.4) is 0 Å². The number of rotatable bonds is 1. The topological polar surface area (TPSA) is 12.5 Å². The van der Waals surface area contributed by atoms with Gasteiger partial charge in [0.1, 0.15) is 0 Å². The van der Waals surface area contributed by atoms with E-state index < -0.39 is 0 Å². The number of hydrogen-bond acceptors (Lipinski definition) is 1. The number of epoxide rings is 1. The third kappa shape index (κ3) is 1.95. The molecule has 5 aliphatic rings. The Labute approximate surface area is 142 Å². The van der Waals surface area contributed by atoms with Crippen molar-refractivity contribution in [2.45, 2.75) is 90.6 Å². The molecule has 1 heteroatoms. The molecule has 0 spiro atoms. The van der Waals surface area contributed by atoms with Gasteiger partial charge in [-0.15, -0.1) is 0 Å². The van der Waals surface area contributed by atoms with Crippen molar-refractivity contribution in [3.05, 3.63) is 0 Å². The maximum Gasteiger partial charge on any atom is 0.0921 e. The van der Waals surface area contributed by atoms with Crippen molar-refractivity contribution < 1.29 is 4.74 Å². The Morgan fingerprint density at radius 2 is 1.52 bits per heavy atom. The van der Waals surface area contributed by atoms with E-state index >= 15 is 0 Å². The summed E-state index contributed by atoms with van der Waals surface area (Å²) in [5, 5.41) is 0. The van der Waals surface area contributed by atoms with Gasteiger partial charge in [0.15, 0.2) is 0 Å². The number of hydrogen-bond donors (Lipinski definition) is 0. The van der Waals surface area contributed by atoms with Gasteiger partial charge in [-0.1, -0.05) is 26.7 Å². The predicted molar refractivity (Wildman–Crippen MR) is 94.2 cm³/mol. The average molecular weight is 317 g/mol. The third-order valence-corrected chi connectivity index (χ3v) is 9.92. The van der Waals surface area contributed by atoms with Crippen molar-refractivity contribution in [2.24, 2.45) is 40.4 Å². The second kappa shape index (κ2) is 4.77. The monoisotopic (exact) mass is 316 g/mol. The van der Waals surface area contributed by atoms with Crippen LogP contribution in [0.25, 0.3) is 0 Å². The first-order valence-electron chi connectivity index (χ1n) is 10.6. The molecule has 0 N–H and O–H groups in total. The fourth-order valence-corrected chi connectivity index (χ4v) is 8.61. The zero-order valence-electron chi connectivity index (χ0n) is 15.6. The van der Waals surface area contributed by atoms with E-state index in [4.69, 9.17) is 4.74 Å². The highest BCUT2D eigenvalue weighted by Gasteiger charge is 2.64. The van der Waals surface area contributed by atoms with Gasteiger partial charge < -0.3 is 4.74 Å². The summed E-state index contributed by atoms with van der Waals surface area (Å²) in [6.07, 6.45) is 15.1. The molecule has 5 rings (SSSR count). The lowest BCUT2D eigenvalue weighted by molar-refractivity contribution is -0.115. The average Bonchev–Trinajstić information content (AvgIpc) is 3.16. The highest BCUT2D eigenvalue weighted by atomic mass is 16.6. The van der Waals surface area contributed by atoms with E-state index in [1.165, 1.54) is 51.4 Å². The molecular weight excluding hydrogens is 280 g/mol. The molecule has 1 saturated heterocycles. The standard InChI is InChI=1S/C22H36O/c1-20-12-5-4-6-15(20)7-8-16-17-9-10-19(22(3)14-23-22)21(17,2)13-11-18(16)20/h15-19H,4-14H2,1-3H3/t15-,16+,17+,18+,19+,20+,21+,22?/m1/s1. The molecule has 0 aromatic heterocycles. The second-order valence-electron chi connectivity index (χ2n) is 10.7. The summed E-state index contributed by atoms with van der Waals surface area (Å²) < 4.78 is 5.94. The van der Waals surface area contributed by atoms with E-state index in [1.54, 1.807) is 12.8 Å². The maximum absolute atomic E-state index is 5.94. The first kappa shape index (κ1) is 15.2. The summed E-state index contributed by atoms with van der Waals surface area (Å²) in [6.45, 7) is 8.80. The third-order valence-electron chi connectivity index (χ3n) is 9.92. The Hall–Kier alpha value is -0.0400. The Kier molecular flexibility index (Phi) is 3.16. The van der Waals surface area contributed by atoms with Gasteiger partial charge in [0.25, 0.3) is 0 Å². The van der Waals surface area contributed by atoms with Crippen molar-refractivity contribution in [2.75, 3.05) is 6.61 Å². The van der Waals surface area contributed by atoms with Crippen LogP contribution in [0.5, 0.6) is 0 Å². The SMILES string of the molecule is CC1([C@H]2CC[C@H]3[C@@H]4CC[C@H]5CCCC[C@]5(C)[C@H]4CC[C@]23C)CO1. The quantitative estimate of drug-likeness (QED) is 0.555. The van der Waals surface area contributed by atoms with E-state index in [0.29, 0.717) is 10.8 Å². The summed E-state index contributed by atoms with van der Waals surface area (Å²) >= 11 is 0. The van der Waals surface area contributed by atoms with Gasteiger partial charge in [-0.3, -0.25) is 0 Å². The molecule has 1 aliphatic heterocycles. The molecule has 1 nitrogen and oxygen atoms in total. The van der Waals surface area contributed by atoms with Crippen LogP contribution in [0, 0.1) is 40.4 Å². The molecule has 1 unspecified atom stereocenters. The molecule has 0 bridgehead atoms. The molecule has 130 valence electrons. The Morgan fingerprint density at radius 3 is 2.30 bits per heavy atom. The van der Waals surface area contributed by atoms with Gasteiger partial charge in [0.05, 0.1) is 12.2 Å². The molecule has 0 aromatic carbocycles. The van der Waals surface area contributed by atoms with E-state index in [1.807, 2.05) is 0 Å². The van der Waals surface area contributed by atoms with Gasteiger partial charge in [0, 0.05) is 0 Å². The van der Waals surface area contributed by atoms with Crippen molar-refractivity contribution in [1.29, 1.82) is 0 Å². The molecule has 1 heterocycles. The van der Waals surface area contributed by atoms with E-state index in [2.05, 4.69) is 20.8 Å². The predicted octanol–water partition coefficient (Wildman–Crippen LogP) is 5.82. The van der Waals surface area contributed by atoms with Crippen LogP contribution >= 0.6 is 0 Å². The smallest absolute Gasteiger partial charge is 0.0921 e. The fraction of sp³-hybridized carbons (Fsp3) is 1.00. The van der Waals surface area contributed by atoms with Gasteiger partial charge in [0.2, 0.25) is 0 Å². The minimum atomic E-state index is 0.252. The normalized spacial score (nSPS) is 61.4. The van der Waals surface area contributed by atoms with Crippen molar-refractivity contribution in [1.82, 2.24) is 0 Å². The lowest BCUT2D eigenvalue weighted by Gasteiger charge is -2.60. The highest BCUT2D eigenvalue weighted by molar-refractivity contribution is 5.13. The van der Waals surface area contributed by atoms with Crippen molar-refractivity contribution in [3.8, 4) is 0 Å². The molecule has 23 heavy (non-hydrogen) atoms. The van der Waals surface area contributed by atoms with Crippen LogP contribution in [0.4, 0.5) is 0 Å². The minimum Gasteiger partial charge on any atom is -0.370 e.